The quantitative estimate of drug-likeness (QED) is 0.751. The van der Waals surface area contributed by atoms with Crippen LogP contribution < -0.4 is 11.1 Å². The molecule has 7 nitrogen and oxygen atoms in total. The van der Waals surface area contributed by atoms with E-state index in [2.05, 4.69) is 20.0 Å². The number of H-pyrrole nitrogens is 1. The number of hydrogen-bond acceptors (Lipinski definition) is 5. The number of nitrogens with one attached hydrogen (secondary N) is 2. The second kappa shape index (κ2) is 6.93. The van der Waals surface area contributed by atoms with Crippen molar-refractivity contribution in [1.29, 1.82) is 0 Å². The van der Waals surface area contributed by atoms with Crippen molar-refractivity contribution in [2.24, 2.45) is 0 Å². The Morgan fingerprint density at radius 1 is 1.25 bits per heavy atom. The molecular formula is C17H15N3O4. The van der Waals surface area contributed by atoms with E-state index in [4.69, 9.17) is 4.74 Å². The summed E-state index contributed by atoms with van der Waals surface area (Å²) in [7, 11) is 1.58. The maximum Gasteiger partial charge on any atom is 0.439 e. The molecule has 122 valence electrons. The van der Waals surface area contributed by atoms with E-state index in [1.54, 1.807) is 43.5 Å². The Kier molecular flexibility index (Phi) is 4.53. The summed E-state index contributed by atoms with van der Waals surface area (Å²) in [6, 6.07) is 14.2. The molecule has 0 saturated heterocycles. The van der Waals surface area contributed by atoms with Crippen LogP contribution in [0.2, 0.25) is 0 Å². The first-order valence-corrected chi connectivity index (χ1v) is 7.22. The monoisotopic (exact) mass is 325 g/mol. The highest BCUT2D eigenvalue weighted by Crippen LogP contribution is 2.20. The summed E-state index contributed by atoms with van der Waals surface area (Å²) in [6.07, 6.45) is 0. The molecule has 3 rings (SSSR count). The van der Waals surface area contributed by atoms with E-state index in [0.29, 0.717) is 29.2 Å². The summed E-state index contributed by atoms with van der Waals surface area (Å²) >= 11 is 0. The van der Waals surface area contributed by atoms with Crippen molar-refractivity contribution < 1.29 is 14.1 Å². The molecule has 2 N–H and O–H groups in total. The van der Waals surface area contributed by atoms with Crippen LogP contribution in [-0.2, 0) is 11.3 Å². The van der Waals surface area contributed by atoms with Crippen molar-refractivity contribution in [3.63, 3.8) is 0 Å². The molecule has 0 saturated carbocycles. The minimum Gasteiger partial charge on any atom is -0.380 e. The number of rotatable bonds is 5. The van der Waals surface area contributed by atoms with Gasteiger partial charge in [0.05, 0.1) is 6.61 Å². The highest BCUT2D eigenvalue weighted by atomic mass is 16.5. The number of aromatic nitrogens is 2. The van der Waals surface area contributed by atoms with E-state index < -0.39 is 5.76 Å². The summed E-state index contributed by atoms with van der Waals surface area (Å²) < 4.78 is 9.61. The predicted molar refractivity (Wildman–Crippen MR) is 87.7 cm³/mol. The van der Waals surface area contributed by atoms with Gasteiger partial charge >= 0.3 is 5.76 Å². The Bertz CT molecular complexity index is 914. The van der Waals surface area contributed by atoms with E-state index in [1.165, 1.54) is 0 Å². The minimum atomic E-state index is -0.632. The summed E-state index contributed by atoms with van der Waals surface area (Å²) in [4.78, 5) is 26.0. The van der Waals surface area contributed by atoms with Gasteiger partial charge in [-0.1, -0.05) is 35.5 Å². The Hall–Kier alpha value is -3.19. The lowest BCUT2D eigenvalue weighted by atomic mass is 10.1. The van der Waals surface area contributed by atoms with Crippen molar-refractivity contribution in [2.45, 2.75) is 6.61 Å². The second-order valence-corrected chi connectivity index (χ2v) is 5.07. The zero-order chi connectivity index (χ0) is 16.9. The fraction of sp³-hybridized carbons (Fsp3) is 0.118. The molecule has 0 aliphatic heterocycles. The number of amides is 1. The molecule has 0 spiro atoms. The van der Waals surface area contributed by atoms with Gasteiger partial charge in [0.1, 0.15) is 0 Å². The highest BCUT2D eigenvalue weighted by Gasteiger charge is 2.12. The molecule has 1 heterocycles. The van der Waals surface area contributed by atoms with Gasteiger partial charge in [0.25, 0.3) is 5.91 Å². The zero-order valence-electron chi connectivity index (χ0n) is 12.9. The zero-order valence-corrected chi connectivity index (χ0v) is 12.9. The average Bonchev–Trinajstić information content (AvgIpc) is 3.02. The number of methoxy groups -OCH3 is 1. The topological polar surface area (TPSA) is 97.2 Å². The van der Waals surface area contributed by atoms with Crippen molar-refractivity contribution in [2.75, 3.05) is 12.4 Å². The number of hydrogen-bond donors (Lipinski definition) is 2. The molecule has 24 heavy (non-hydrogen) atoms. The van der Waals surface area contributed by atoms with Crippen LogP contribution in [0.1, 0.15) is 15.9 Å². The number of aromatic amines is 1. The fourth-order valence-electron chi connectivity index (χ4n) is 2.32. The Morgan fingerprint density at radius 2 is 2.08 bits per heavy atom. The number of benzene rings is 2. The van der Waals surface area contributed by atoms with Gasteiger partial charge in [-0.3, -0.25) is 14.3 Å². The summed E-state index contributed by atoms with van der Waals surface area (Å²) in [5, 5.41) is 6.46. The Balaban J connectivity index is 1.84. The molecule has 1 amide bonds. The van der Waals surface area contributed by atoms with Crippen molar-refractivity contribution >= 4 is 11.6 Å². The Morgan fingerprint density at radius 3 is 2.83 bits per heavy atom. The molecule has 1 aromatic heterocycles. The maximum atomic E-state index is 12.5. The number of nitrogens with zero attached hydrogens (tertiary/aromatic N) is 1. The van der Waals surface area contributed by atoms with E-state index in [-0.39, 0.29) is 5.91 Å². The number of ether oxygens (including phenoxy) is 1. The van der Waals surface area contributed by atoms with Gasteiger partial charge in [0.2, 0.25) is 0 Å². The molecular weight excluding hydrogens is 310 g/mol. The van der Waals surface area contributed by atoms with Crippen LogP contribution >= 0.6 is 0 Å². The third kappa shape index (κ3) is 3.41. The number of carbonyl (C=O) groups excluding carboxylic acids is 1. The lowest BCUT2D eigenvalue weighted by molar-refractivity contribution is 0.102. The van der Waals surface area contributed by atoms with Gasteiger partial charge in [-0.05, 0) is 23.8 Å². The average molecular weight is 325 g/mol. The van der Waals surface area contributed by atoms with Gasteiger partial charge in [0, 0.05) is 23.9 Å². The molecule has 0 unspecified atom stereocenters. The summed E-state index contributed by atoms with van der Waals surface area (Å²) in [5.41, 5.74) is 2.55. The summed E-state index contributed by atoms with van der Waals surface area (Å²) in [6.45, 7) is 0.351. The van der Waals surface area contributed by atoms with Crippen LogP contribution in [0, 0.1) is 0 Å². The smallest absolute Gasteiger partial charge is 0.380 e. The van der Waals surface area contributed by atoms with E-state index >= 15 is 0 Å². The first-order valence-electron chi connectivity index (χ1n) is 7.22. The number of carbonyl (C=O) groups is 1. The molecule has 0 fully saturated rings. The van der Waals surface area contributed by atoms with E-state index in [9.17, 15) is 9.59 Å². The molecule has 0 bridgehead atoms. The molecule has 3 aromatic rings. The summed E-state index contributed by atoms with van der Waals surface area (Å²) in [5.74, 6) is -0.572. The standard InChI is InChI=1S/C17H15N3O4/c1-23-10-12-5-2-3-8-14(12)16(21)18-13-7-4-6-11(9-13)15-19-17(22)24-20-15/h2-9H,10H2,1H3,(H,18,21)(H,19,20,22). The molecule has 7 heteroatoms. The van der Waals surface area contributed by atoms with Crippen LogP contribution in [0.3, 0.4) is 0 Å². The third-order valence-electron chi connectivity index (χ3n) is 3.40. The van der Waals surface area contributed by atoms with Crippen molar-refractivity contribution in [1.82, 2.24) is 10.1 Å². The molecule has 0 radical (unpaired) electrons. The third-order valence-corrected chi connectivity index (χ3v) is 3.40. The molecule has 2 aromatic carbocycles. The van der Waals surface area contributed by atoms with Gasteiger partial charge in [0.15, 0.2) is 5.82 Å². The van der Waals surface area contributed by atoms with Crippen molar-refractivity contribution in [3.8, 4) is 11.4 Å². The Labute approximate surface area is 137 Å². The first-order chi connectivity index (χ1) is 11.7. The largest absolute Gasteiger partial charge is 0.439 e. The van der Waals surface area contributed by atoms with Crippen LogP contribution in [0.25, 0.3) is 11.4 Å². The van der Waals surface area contributed by atoms with Crippen LogP contribution in [0.5, 0.6) is 0 Å². The van der Waals surface area contributed by atoms with Crippen LogP contribution in [-0.4, -0.2) is 23.2 Å². The van der Waals surface area contributed by atoms with Crippen molar-refractivity contribution in [3.05, 3.63) is 70.2 Å². The second-order valence-electron chi connectivity index (χ2n) is 5.07. The predicted octanol–water partition coefficient (Wildman–Crippen LogP) is 2.43. The van der Waals surface area contributed by atoms with Crippen LogP contribution in [0.15, 0.2) is 57.8 Å². The number of anilines is 1. The lowest BCUT2D eigenvalue weighted by Crippen LogP contribution is -2.14. The van der Waals surface area contributed by atoms with Gasteiger partial charge in [-0.15, -0.1) is 0 Å². The van der Waals surface area contributed by atoms with Gasteiger partial charge in [-0.25, -0.2) is 4.79 Å². The van der Waals surface area contributed by atoms with E-state index in [0.717, 1.165) is 5.56 Å². The molecule has 0 aliphatic rings. The maximum absolute atomic E-state index is 12.5. The fourth-order valence-corrected chi connectivity index (χ4v) is 2.32. The van der Waals surface area contributed by atoms with Crippen LogP contribution in [0.4, 0.5) is 5.69 Å². The molecule has 0 atom stereocenters. The van der Waals surface area contributed by atoms with E-state index in [1.807, 2.05) is 12.1 Å². The SMILES string of the molecule is COCc1ccccc1C(=O)Nc1cccc(-c2noc(=O)[nH]2)c1. The highest BCUT2D eigenvalue weighted by molar-refractivity contribution is 6.05. The van der Waals surface area contributed by atoms with Gasteiger partial charge in [-0.2, -0.15) is 0 Å². The normalized spacial score (nSPS) is 10.5. The minimum absolute atomic E-state index is 0.242. The first kappa shape index (κ1) is 15.7. The molecule has 0 aliphatic carbocycles. The van der Waals surface area contributed by atoms with Gasteiger partial charge < -0.3 is 10.1 Å². The lowest BCUT2D eigenvalue weighted by Gasteiger charge is -2.10.